The van der Waals surface area contributed by atoms with Crippen molar-refractivity contribution in [2.24, 2.45) is 0 Å². The highest BCUT2D eigenvalue weighted by atomic mass is 16.3. The fraction of sp³-hybridized carbons (Fsp3) is 0.111. The number of nitrogens with one attached hydrogen (secondary N) is 1. The highest BCUT2D eigenvalue weighted by Crippen LogP contribution is 2.25. The lowest BCUT2D eigenvalue weighted by molar-refractivity contribution is 0.403. The first-order valence-corrected chi connectivity index (χ1v) is 6.92. The molecule has 0 aromatic heterocycles. The minimum atomic E-state index is -0.0900. The zero-order valence-corrected chi connectivity index (χ0v) is 11.6. The minimum absolute atomic E-state index is 0.0838. The number of aromatic hydroxyl groups is 2. The predicted molar refractivity (Wildman–Crippen MR) is 84.3 cm³/mol. The highest BCUT2D eigenvalue weighted by molar-refractivity contribution is 5.85. The van der Waals surface area contributed by atoms with Crippen LogP contribution in [-0.4, -0.2) is 10.2 Å². The van der Waals surface area contributed by atoms with Gasteiger partial charge in [0.25, 0.3) is 0 Å². The fourth-order valence-electron chi connectivity index (χ4n) is 2.47. The fourth-order valence-corrected chi connectivity index (χ4v) is 2.47. The first-order valence-electron chi connectivity index (χ1n) is 6.92. The van der Waals surface area contributed by atoms with Gasteiger partial charge in [-0.3, -0.25) is 0 Å². The summed E-state index contributed by atoms with van der Waals surface area (Å²) in [6.07, 6.45) is 0. The second-order valence-corrected chi connectivity index (χ2v) is 5.06. The number of fused-ring (bicyclic) bond motifs is 1. The van der Waals surface area contributed by atoms with Crippen molar-refractivity contribution in [3.05, 3.63) is 71.8 Å². The molecule has 3 N–H and O–H groups in total. The summed E-state index contributed by atoms with van der Waals surface area (Å²) in [5, 5.41) is 24.6. The van der Waals surface area contributed by atoms with Crippen LogP contribution in [0.3, 0.4) is 0 Å². The minimum Gasteiger partial charge on any atom is -0.504 e. The maximum atomic E-state index is 9.48. The Labute approximate surface area is 123 Å². The first-order chi connectivity index (χ1) is 10.2. The summed E-state index contributed by atoms with van der Waals surface area (Å²) >= 11 is 0. The van der Waals surface area contributed by atoms with Crippen LogP contribution < -0.4 is 5.32 Å². The number of benzene rings is 3. The Morgan fingerprint density at radius 3 is 2.43 bits per heavy atom. The first kappa shape index (κ1) is 13.5. The average molecular weight is 279 g/mol. The predicted octanol–water partition coefficient (Wildman–Crippen LogP) is 3.54. The Balaban J connectivity index is 1.70. The van der Waals surface area contributed by atoms with E-state index in [1.165, 1.54) is 22.4 Å². The number of phenols is 2. The molecule has 106 valence electrons. The van der Waals surface area contributed by atoms with Crippen LogP contribution in [0.4, 0.5) is 0 Å². The Morgan fingerprint density at radius 1 is 0.762 bits per heavy atom. The number of hydrogen-bond acceptors (Lipinski definition) is 3. The number of phenolic OH excluding ortho intramolecular Hbond substituents is 2. The molecule has 0 bridgehead atoms. The standard InChI is InChI=1S/C18H17NO2/c20-17-9-8-13(10-18(17)21)11-19-12-15-6-3-5-14-4-1-2-7-16(14)15/h1-10,19-21H,11-12H2. The molecule has 0 aliphatic rings. The summed E-state index contributed by atoms with van der Waals surface area (Å²) in [7, 11) is 0. The molecule has 0 spiro atoms. The van der Waals surface area contributed by atoms with Crippen LogP contribution >= 0.6 is 0 Å². The summed E-state index contributed by atoms with van der Waals surface area (Å²) in [5.41, 5.74) is 2.18. The molecule has 0 radical (unpaired) electrons. The smallest absolute Gasteiger partial charge is 0.157 e. The Hall–Kier alpha value is -2.52. The molecule has 3 nitrogen and oxygen atoms in total. The van der Waals surface area contributed by atoms with E-state index in [9.17, 15) is 10.2 Å². The van der Waals surface area contributed by atoms with E-state index < -0.39 is 0 Å². The van der Waals surface area contributed by atoms with Gasteiger partial charge in [-0.15, -0.1) is 0 Å². The summed E-state index contributed by atoms with van der Waals surface area (Å²) in [6, 6.07) is 19.5. The van der Waals surface area contributed by atoms with Gasteiger partial charge in [-0.25, -0.2) is 0 Å². The van der Waals surface area contributed by atoms with E-state index >= 15 is 0 Å². The molecule has 0 aliphatic heterocycles. The monoisotopic (exact) mass is 279 g/mol. The molecule has 21 heavy (non-hydrogen) atoms. The van der Waals surface area contributed by atoms with Gasteiger partial charge in [0, 0.05) is 13.1 Å². The van der Waals surface area contributed by atoms with Gasteiger partial charge >= 0.3 is 0 Å². The van der Waals surface area contributed by atoms with Crippen molar-refractivity contribution in [2.75, 3.05) is 0 Å². The number of hydrogen-bond donors (Lipinski definition) is 3. The van der Waals surface area contributed by atoms with E-state index in [2.05, 4.69) is 35.6 Å². The molecule has 3 heteroatoms. The molecule has 0 saturated carbocycles. The van der Waals surface area contributed by atoms with E-state index in [0.29, 0.717) is 6.54 Å². The Morgan fingerprint density at radius 2 is 1.57 bits per heavy atom. The van der Waals surface area contributed by atoms with Crippen LogP contribution in [-0.2, 0) is 13.1 Å². The van der Waals surface area contributed by atoms with Gasteiger partial charge in [0.15, 0.2) is 11.5 Å². The normalized spacial score (nSPS) is 10.9. The van der Waals surface area contributed by atoms with Crippen LogP contribution in [0.25, 0.3) is 10.8 Å². The number of rotatable bonds is 4. The molecular formula is C18H17NO2. The van der Waals surface area contributed by atoms with Crippen molar-refractivity contribution in [2.45, 2.75) is 13.1 Å². The highest BCUT2D eigenvalue weighted by Gasteiger charge is 2.02. The van der Waals surface area contributed by atoms with Crippen molar-refractivity contribution in [3.8, 4) is 11.5 Å². The van der Waals surface area contributed by atoms with Gasteiger partial charge < -0.3 is 15.5 Å². The van der Waals surface area contributed by atoms with Crippen molar-refractivity contribution in [1.29, 1.82) is 0 Å². The summed E-state index contributed by atoms with van der Waals surface area (Å²) in [6.45, 7) is 1.39. The van der Waals surface area contributed by atoms with Crippen molar-refractivity contribution >= 4 is 10.8 Å². The quantitative estimate of drug-likeness (QED) is 0.640. The Bertz CT molecular complexity index is 763. The van der Waals surface area contributed by atoms with Gasteiger partial charge in [0.05, 0.1) is 0 Å². The van der Waals surface area contributed by atoms with E-state index in [4.69, 9.17) is 0 Å². The van der Waals surface area contributed by atoms with Crippen LogP contribution in [0, 0.1) is 0 Å². The lowest BCUT2D eigenvalue weighted by Crippen LogP contribution is -2.12. The molecule has 0 amide bonds. The van der Waals surface area contributed by atoms with Crippen LogP contribution in [0.2, 0.25) is 0 Å². The maximum absolute atomic E-state index is 9.48. The maximum Gasteiger partial charge on any atom is 0.157 e. The van der Waals surface area contributed by atoms with Crippen molar-refractivity contribution in [3.63, 3.8) is 0 Å². The largest absolute Gasteiger partial charge is 0.504 e. The van der Waals surface area contributed by atoms with E-state index in [-0.39, 0.29) is 11.5 Å². The molecule has 0 unspecified atom stereocenters. The van der Waals surface area contributed by atoms with Gasteiger partial charge in [-0.05, 0) is 34.0 Å². The molecule has 0 fully saturated rings. The van der Waals surface area contributed by atoms with E-state index in [0.717, 1.165) is 12.1 Å². The third kappa shape index (κ3) is 2.98. The summed E-state index contributed by atoms with van der Waals surface area (Å²) in [4.78, 5) is 0. The zero-order chi connectivity index (χ0) is 14.7. The molecule has 0 atom stereocenters. The molecule has 0 aliphatic carbocycles. The molecule has 3 aromatic rings. The molecule has 3 rings (SSSR count). The van der Waals surface area contributed by atoms with Crippen molar-refractivity contribution < 1.29 is 10.2 Å². The lowest BCUT2D eigenvalue weighted by Gasteiger charge is -2.09. The second kappa shape index (κ2) is 5.85. The van der Waals surface area contributed by atoms with Gasteiger partial charge in [-0.2, -0.15) is 0 Å². The van der Waals surface area contributed by atoms with Crippen LogP contribution in [0.15, 0.2) is 60.7 Å². The van der Waals surface area contributed by atoms with Gasteiger partial charge in [0.1, 0.15) is 0 Å². The van der Waals surface area contributed by atoms with Crippen LogP contribution in [0.5, 0.6) is 11.5 Å². The zero-order valence-electron chi connectivity index (χ0n) is 11.6. The lowest BCUT2D eigenvalue weighted by atomic mass is 10.0. The summed E-state index contributed by atoms with van der Waals surface area (Å²) in [5.74, 6) is -0.174. The second-order valence-electron chi connectivity index (χ2n) is 5.06. The van der Waals surface area contributed by atoms with Crippen molar-refractivity contribution in [1.82, 2.24) is 5.32 Å². The third-order valence-electron chi connectivity index (χ3n) is 3.56. The molecule has 0 saturated heterocycles. The summed E-state index contributed by atoms with van der Waals surface area (Å²) < 4.78 is 0. The van der Waals surface area contributed by atoms with Crippen LogP contribution in [0.1, 0.15) is 11.1 Å². The Kier molecular flexibility index (Phi) is 3.75. The SMILES string of the molecule is Oc1ccc(CNCc2cccc3ccccc23)cc1O. The third-order valence-corrected chi connectivity index (χ3v) is 3.56. The molecule has 3 aromatic carbocycles. The molecule has 0 heterocycles. The topological polar surface area (TPSA) is 52.5 Å². The van der Waals surface area contributed by atoms with Gasteiger partial charge in [-0.1, -0.05) is 48.5 Å². The average Bonchev–Trinajstić information content (AvgIpc) is 2.51. The van der Waals surface area contributed by atoms with Gasteiger partial charge in [0.2, 0.25) is 0 Å². The van der Waals surface area contributed by atoms with E-state index in [1.54, 1.807) is 12.1 Å². The van der Waals surface area contributed by atoms with E-state index in [1.807, 2.05) is 12.1 Å². The molecular weight excluding hydrogens is 262 g/mol.